The van der Waals surface area contributed by atoms with Crippen molar-refractivity contribution in [1.82, 2.24) is 19.5 Å². The fourth-order valence-electron chi connectivity index (χ4n) is 1.14. The van der Waals surface area contributed by atoms with Gasteiger partial charge in [0, 0.05) is 6.20 Å². The summed E-state index contributed by atoms with van der Waals surface area (Å²) in [5.41, 5.74) is 0.313. The minimum absolute atomic E-state index is 0.241. The normalized spacial score (nSPS) is 10.0. The Morgan fingerprint density at radius 3 is 2.71 bits per heavy atom. The third-order valence-electron chi connectivity index (χ3n) is 1.73. The van der Waals surface area contributed by atoms with E-state index in [4.69, 9.17) is 0 Å². The first-order chi connectivity index (χ1) is 6.83. The number of aldehydes is 1. The molecule has 6 heteroatoms. The highest BCUT2D eigenvalue weighted by molar-refractivity contribution is 5.72. The van der Waals surface area contributed by atoms with Crippen molar-refractivity contribution >= 4 is 6.29 Å². The van der Waals surface area contributed by atoms with Gasteiger partial charge in [-0.3, -0.25) is 9.36 Å². The van der Waals surface area contributed by atoms with Crippen LogP contribution in [0, 0.1) is 0 Å². The summed E-state index contributed by atoms with van der Waals surface area (Å²) in [6.07, 6.45) is 6.18. The fourth-order valence-corrected chi connectivity index (χ4v) is 1.14. The smallest absolute Gasteiger partial charge is 0.312 e. The van der Waals surface area contributed by atoms with Crippen LogP contribution in [-0.2, 0) is 0 Å². The summed E-state index contributed by atoms with van der Waals surface area (Å²) in [6, 6.07) is 0. The Hall–Kier alpha value is -2.24. The van der Waals surface area contributed by atoms with Crippen LogP contribution >= 0.6 is 0 Å². The Morgan fingerprint density at radius 2 is 2.07 bits per heavy atom. The first-order valence-electron chi connectivity index (χ1n) is 3.84. The molecule has 0 aliphatic carbocycles. The highest BCUT2D eigenvalue weighted by Gasteiger charge is 2.06. The lowest BCUT2D eigenvalue weighted by Crippen LogP contribution is -2.17. The van der Waals surface area contributed by atoms with E-state index >= 15 is 0 Å². The monoisotopic (exact) mass is 190 g/mol. The van der Waals surface area contributed by atoms with Gasteiger partial charge in [-0.05, 0) is 0 Å². The molecule has 0 atom stereocenters. The Bertz CT molecular complexity index is 500. The van der Waals surface area contributed by atoms with Gasteiger partial charge in [-0.15, -0.1) is 0 Å². The number of H-pyrrole nitrogens is 1. The molecule has 2 aromatic rings. The largest absolute Gasteiger partial charge is 0.330 e. The minimum Gasteiger partial charge on any atom is -0.312 e. The summed E-state index contributed by atoms with van der Waals surface area (Å²) in [4.78, 5) is 31.8. The SMILES string of the molecule is O=Cc1c[nH]c(=O)n1-c1cncnc1. The van der Waals surface area contributed by atoms with E-state index in [-0.39, 0.29) is 11.4 Å². The van der Waals surface area contributed by atoms with Gasteiger partial charge in [0.05, 0.1) is 18.1 Å². The van der Waals surface area contributed by atoms with E-state index in [1.165, 1.54) is 29.5 Å². The van der Waals surface area contributed by atoms with Crippen LogP contribution in [0.15, 0.2) is 29.7 Å². The molecular weight excluding hydrogens is 184 g/mol. The standard InChI is InChI=1S/C8H6N4O2/c13-4-7-3-11-8(14)12(7)6-1-9-5-10-2-6/h1-5H,(H,11,14). The van der Waals surface area contributed by atoms with Crippen molar-refractivity contribution in [2.75, 3.05) is 0 Å². The summed E-state index contributed by atoms with van der Waals surface area (Å²) in [7, 11) is 0. The molecule has 0 aromatic carbocycles. The van der Waals surface area contributed by atoms with Gasteiger partial charge in [-0.2, -0.15) is 0 Å². The van der Waals surface area contributed by atoms with Crippen LogP contribution in [0.1, 0.15) is 10.5 Å². The van der Waals surface area contributed by atoms with E-state index in [2.05, 4.69) is 15.0 Å². The predicted molar refractivity (Wildman–Crippen MR) is 47.4 cm³/mol. The maximum Gasteiger partial charge on any atom is 0.330 e. The van der Waals surface area contributed by atoms with E-state index < -0.39 is 0 Å². The summed E-state index contributed by atoms with van der Waals surface area (Å²) in [5.74, 6) is 0. The number of nitrogens with one attached hydrogen (secondary N) is 1. The van der Waals surface area contributed by atoms with Crippen LogP contribution in [-0.4, -0.2) is 25.8 Å². The lowest BCUT2D eigenvalue weighted by molar-refractivity contribution is 0.111. The number of nitrogens with zero attached hydrogens (tertiary/aromatic N) is 3. The predicted octanol–water partition coefficient (Wildman–Crippen LogP) is -0.232. The molecule has 0 bridgehead atoms. The summed E-state index contributed by atoms with van der Waals surface area (Å²) in [6.45, 7) is 0. The van der Waals surface area contributed by atoms with E-state index in [0.717, 1.165) is 0 Å². The van der Waals surface area contributed by atoms with E-state index in [1.807, 2.05) is 0 Å². The van der Waals surface area contributed by atoms with E-state index in [0.29, 0.717) is 12.0 Å². The molecule has 0 aliphatic rings. The van der Waals surface area contributed by atoms with Crippen molar-refractivity contribution in [2.24, 2.45) is 0 Å². The second kappa shape index (κ2) is 3.25. The summed E-state index contributed by atoms with van der Waals surface area (Å²) in [5, 5.41) is 0. The maximum absolute atomic E-state index is 11.3. The highest BCUT2D eigenvalue weighted by Crippen LogP contribution is 2.02. The third-order valence-corrected chi connectivity index (χ3v) is 1.73. The number of imidazole rings is 1. The topological polar surface area (TPSA) is 80.6 Å². The molecule has 0 radical (unpaired) electrons. The highest BCUT2D eigenvalue weighted by atomic mass is 16.1. The number of carbonyl (C=O) groups is 1. The number of carbonyl (C=O) groups excluding carboxylic acids is 1. The van der Waals surface area contributed by atoms with Gasteiger partial charge in [0.15, 0.2) is 6.29 Å². The molecule has 0 unspecified atom stereocenters. The van der Waals surface area contributed by atoms with Crippen molar-refractivity contribution in [3.05, 3.63) is 41.1 Å². The van der Waals surface area contributed by atoms with Crippen LogP contribution in [0.3, 0.4) is 0 Å². The average Bonchev–Trinajstić information content (AvgIpc) is 2.61. The van der Waals surface area contributed by atoms with Crippen molar-refractivity contribution in [1.29, 1.82) is 0 Å². The Balaban J connectivity index is 2.67. The minimum atomic E-state index is -0.387. The summed E-state index contributed by atoms with van der Waals surface area (Å²) >= 11 is 0. The number of hydrogen-bond acceptors (Lipinski definition) is 4. The third kappa shape index (κ3) is 1.22. The molecule has 0 saturated carbocycles. The molecule has 0 aliphatic heterocycles. The molecule has 0 saturated heterocycles. The molecular formula is C8H6N4O2. The van der Waals surface area contributed by atoms with Crippen LogP contribution in [0.5, 0.6) is 0 Å². The molecule has 0 spiro atoms. The van der Waals surface area contributed by atoms with Gasteiger partial charge in [0.25, 0.3) is 0 Å². The van der Waals surface area contributed by atoms with E-state index in [9.17, 15) is 9.59 Å². The molecule has 2 aromatic heterocycles. The maximum atomic E-state index is 11.3. The molecule has 6 nitrogen and oxygen atoms in total. The Kier molecular flexibility index (Phi) is 1.94. The second-order valence-corrected chi connectivity index (χ2v) is 2.57. The first-order valence-corrected chi connectivity index (χ1v) is 3.84. The average molecular weight is 190 g/mol. The molecule has 2 heterocycles. The van der Waals surface area contributed by atoms with Gasteiger partial charge < -0.3 is 4.98 Å². The Labute approximate surface area is 78.3 Å². The lowest BCUT2D eigenvalue weighted by Gasteiger charge is -1.99. The molecule has 70 valence electrons. The number of rotatable bonds is 2. The van der Waals surface area contributed by atoms with Gasteiger partial charge in [-0.25, -0.2) is 14.8 Å². The van der Waals surface area contributed by atoms with Crippen molar-refractivity contribution in [2.45, 2.75) is 0 Å². The Morgan fingerprint density at radius 1 is 1.36 bits per heavy atom. The van der Waals surface area contributed by atoms with Crippen LogP contribution in [0.25, 0.3) is 5.69 Å². The van der Waals surface area contributed by atoms with Gasteiger partial charge >= 0.3 is 5.69 Å². The zero-order chi connectivity index (χ0) is 9.97. The van der Waals surface area contributed by atoms with Crippen molar-refractivity contribution in [3.8, 4) is 5.69 Å². The molecule has 0 fully saturated rings. The second-order valence-electron chi connectivity index (χ2n) is 2.57. The molecule has 1 N–H and O–H groups in total. The van der Waals surface area contributed by atoms with Crippen LogP contribution in [0.2, 0.25) is 0 Å². The molecule has 0 amide bonds. The van der Waals surface area contributed by atoms with Gasteiger partial charge in [0.1, 0.15) is 12.0 Å². The number of aromatic amines is 1. The lowest BCUT2D eigenvalue weighted by atomic mass is 10.4. The fraction of sp³-hybridized carbons (Fsp3) is 0. The number of hydrogen-bond donors (Lipinski definition) is 1. The first kappa shape index (κ1) is 8.36. The van der Waals surface area contributed by atoms with Crippen molar-refractivity contribution < 1.29 is 4.79 Å². The quantitative estimate of drug-likeness (QED) is 0.663. The molecule has 2 rings (SSSR count). The van der Waals surface area contributed by atoms with Crippen LogP contribution in [0.4, 0.5) is 0 Å². The van der Waals surface area contributed by atoms with Gasteiger partial charge in [0.2, 0.25) is 0 Å². The van der Waals surface area contributed by atoms with Crippen molar-refractivity contribution in [3.63, 3.8) is 0 Å². The van der Waals surface area contributed by atoms with Gasteiger partial charge in [-0.1, -0.05) is 0 Å². The van der Waals surface area contributed by atoms with E-state index in [1.54, 1.807) is 0 Å². The zero-order valence-electron chi connectivity index (χ0n) is 7.04. The number of aromatic nitrogens is 4. The summed E-state index contributed by atoms with van der Waals surface area (Å²) < 4.78 is 1.20. The van der Waals surface area contributed by atoms with Crippen LogP contribution < -0.4 is 5.69 Å². The zero-order valence-corrected chi connectivity index (χ0v) is 7.04. The molecule has 14 heavy (non-hydrogen) atoms.